The van der Waals surface area contributed by atoms with Crippen molar-refractivity contribution in [2.45, 2.75) is 13.8 Å². The number of amides is 1. The summed E-state index contributed by atoms with van der Waals surface area (Å²) in [5.74, 6) is -0.189. The van der Waals surface area contributed by atoms with Crippen molar-refractivity contribution in [1.82, 2.24) is 9.38 Å². The summed E-state index contributed by atoms with van der Waals surface area (Å²) >= 11 is 5.90. The molecule has 106 valence electrons. The van der Waals surface area contributed by atoms with Crippen LogP contribution in [0.4, 0.5) is 5.69 Å². The quantitative estimate of drug-likeness (QED) is 0.781. The summed E-state index contributed by atoms with van der Waals surface area (Å²) in [6, 6.07) is 10.6. The lowest BCUT2D eigenvalue weighted by Crippen LogP contribution is -2.12. The largest absolute Gasteiger partial charge is 0.321 e. The number of carbonyl (C=O) groups excluding carboxylic acids is 1. The third-order valence-corrected chi connectivity index (χ3v) is 3.67. The van der Waals surface area contributed by atoms with Crippen molar-refractivity contribution >= 4 is 28.8 Å². The number of anilines is 1. The fraction of sp³-hybridized carbons (Fsp3) is 0.125. The van der Waals surface area contributed by atoms with Gasteiger partial charge >= 0.3 is 0 Å². The number of aryl methyl sites for hydroxylation is 2. The molecule has 0 unspecified atom stereocenters. The van der Waals surface area contributed by atoms with Crippen LogP contribution in [0.3, 0.4) is 0 Å². The van der Waals surface area contributed by atoms with Crippen LogP contribution in [0, 0.1) is 13.8 Å². The molecule has 0 spiro atoms. The van der Waals surface area contributed by atoms with E-state index in [9.17, 15) is 4.79 Å². The van der Waals surface area contributed by atoms with Crippen molar-refractivity contribution < 1.29 is 4.79 Å². The van der Waals surface area contributed by atoms with Gasteiger partial charge in [0, 0.05) is 22.5 Å². The molecule has 1 N–H and O–H groups in total. The van der Waals surface area contributed by atoms with Crippen LogP contribution in [0.25, 0.3) is 5.65 Å². The normalized spacial score (nSPS) is 10.8. The first-order chi connectivity index (χ1) is 10.0. The first-order valence-corrected chi connectivity index (χ1v) is 6.94. The summed E-state index contributed by atoms with van der Waals surface area (Å²) in [5.41, 5.74) is 4.15. The Morgan fingerprint density at radius 2 is 2.05 bits per heavy atom. The Labute approximate surface area is 127 Å². The lowest BCUT2D eigenvalue weighted by molar-refractivity contribution is 0.102. The van der Waals surface area contributed by atoms with E-state index >= 15 is 0 Å². The number of nitrogens with zero attached hydrogens (tertiary/aromatic N) is 2. The second-order valence-electron chi connectivity index (χ2n) is 4.89. The van der Waals surface area contributed by atoms with E-state index in [1.54, 1.807) is 24.3 Å². The van der Waals surface area contributed by atoms with Gasteiger partial charge in [-0.3, -0.25) is 4.79 Å². The fourth-order valence-electron chi connectivity index (χ4n) is 2.19. The molecule has 2 aromatic heterocycles. The van der Waals surface area contributed by atoms with Gasteiger partial charge in [-0.05, 0) is 44.2 Å². The zero-order valence-corrected chi connectivity index (χ0v) is 12.5. The van der Waals surface area contributed by atoms with Gasteiger partial charge in [-0.1, -0.05) is 17.7 Å². The second kappa shape index (κ2) is 5.22. The molecule has 2 heterocycles. The minimum atomic E-state index is -0.189. The summed E-state index contributed by atoms with van der Waals surface area (Å²) in [4.78, 5) is 16.6. The molecule has 0 radical (unpaired) electrons. The summed E-state index contributed by atoms with van der Waals surface area (Å²) in [6.07, 6.45) is 1.87. The number of hydrogen-bond acceptors (Lipinski definition) is 2. The highest BCUT2D eigenvalue weighted by Crippen LogP contribution is 2.17. The molecular weight excluding hydrogens is 286 g/mol. The molecule has 1 aromatic carbocycles. The summed E-state index contributed by atoms with van der Waals surface area (Å²) in [6.45, 7) is 3.96. The van der Waals surface area contributed by atoms with E-state index < -0.39 is 0 Å². The minimum absolute atomic E-state index is 0.189. The maximum atomic E-state index is 12.2. The standard InChI is InChI=1S/C16H14ClN3O/c1-10-11(2)20-9-14(6-7-15(20)18-10)19-16(21)12-4-3-5-13(17)8-12/h3-9H,1-2H3,(H,19,21). The topological polar surface area (TPSA) is 46.4 Å². The molecule has 0 saturated heterocycles. The third-order valence-electron chi connectivity index (χ3n) is 3.44. The number of fused-ring (bicyclic) bond motifs is 1. The predicted molar refractivity (Wildman–Crippen MR) is 84.1 cm³/mol. The van der Waals surface area contributed by atoms with Crippen LogP contribution in [0.5, 0.6) is 0 Å². The van der Waals surface area contributed by atoms with Gasteiger partial charge in [0.05, 0.1) is 11.4 Å². The molecule has 0 atom stereocenters. The Morgan fingerprint density at radius 1 is 1.24 bits per heavy atom. The summed E-state index contributed by atoms with van der Waals surface area (Å²) in [5, 5.41) is 3.41. The number of imidazole rings is 1. The van der Waals surface area contributed by atoms with E-state index in [4.69, 9.17) is 11.6 Å². The molecule has 0 aliphatic carbocycles. The number of nitrogens with one attached hydrogen (secondary N) is 1. The Balaban J connectivity index is 1.91. The van der Waals surface area contributed by atoms with Gasteiger partial charge in [0.2, 0.25) is 0 Å². The van der Waals surface area contributed by atoms with Crippen molar-refractivity contribution in [2.24, 2.45) is 0 Å². The van der Waals surface area contributed by atoms with E-state index in [-0.39, 0.29) is 5.91 Å². The van der Waals surface area contributed by atoms with Crippen LogP contribution in [0.1, 0.15) is 21.7 Å². The number of aromatic nitrogens is 2. The van der Waals surface area contributed by atoms with Crippen LogP contribution in [-0.4, -0.2) is 15.3 Å². The van der Waals surface area contributed by atoms with E-state index in [2.05, 4.69) is 10.3 Å². The average molecular weight is 300 g/mol. The predicted octanol–water partition coefficient (Wildman–Crippen LogP) is 3.86. The molecule has 0 saturated carbocycles. The number of halogens is 1. The van der Waals surface area contributed by atoms with Crippen molar-refractivity contribution in [2.75, 3.05) is 5.32 Å². The Bertz CT molecular complexity index is 839. The van der Waals surface area contributed by atoms with E-state index in [0.717, 1.165) is 17.0 Å². The molecule has 5 heteroatoms. The molecule has 3 rings (SSSR count). The maximum Gasteiger partial charge on any atom is 0.255 e. The second-order valence-corrected chi connectivity index (χ2v) is 5.33. The highest BCUT2D eigenvalue weighted by Gasteiger charge is 2.09. The third kappa shape index (κ3) is 2.62. The SMILES string of the molecule is Cc1nc2ccc(NC(=O)c3cccc(Cl)c3)cn2c1C. The van der Waals surface area contributed by atoms with Gasteiger partial charge in [-0.15, -0.1) is 0 Å². The van der Waals surface area contributed by atoms with Gasteiger partial charge < -0.3 is 9.72 Å². The average Bonchev–Trinajstić information content (AvgIpc) is 2.74. The van der Waals surface area contributed by atoms with Gasteiger partial charge in [-0.25, -0.2) is 4.98 Å². The van der Waals surface area contributed by atoms with E-state index in [1.807, 2.05) is 36.6 Å². The van der Waals surface area contributed by atoms with Gasteiger partial charge in [-0.2, -0.15) is 0 Å². The molecular formula is C16H14ClN3O. The number of carbonyl (C=O) groups is 1. The molecule has 0 aliphatic heterocycles. The van der Waals surface area contributed by atoms with Crippen molar-refractivity contribution in [3.05, 3.63) is 64.6 Å². The van der Waals surface area contributed by atoms with E-state index in [0.29, 0.717) is 16.3 Å². The minimum Gasteiger partial charge on any atom is -0.321 e. The number of pyridine rings is 1. The zero-order valence-electron chi connectivity index (χ0n) is 11.7. The molecule has 0 bridgehead atoms. The highest BCUT2D eigenvalue weighted by molar-refractivity contribution is 6.31. The van der Waals surface area contributed by atoms with E-state index in [1.165, 1.54) is 0 Å². The lowest BCUT2D eigenvalue weighted by Gasteiger charge is -2.07. The summed E-state index contributed by atoms with van der Waals surface area (Å²) < 4.78 is 1.96. The zero-order chi connectivity index (χ0) is 15.0. The number of rotatable bonds is 2. The Hall–Kier alpha value is -2.33. The van der Waals surface area contributed by atoms with Crippen LogP contribution in [0.15, 0.2) is 42.6 Å². The van der Waals surface area contributed by atoms with Gasteiger partial charge in [0.15, 0.2) is 0 Å². The first-order valence-electron chi connectivity index (χ1n) is 6.57. The molecule has 1 amide bonds. The lowest BCUT2D eigenvalue weighted by atomic mass is 10.2. The van der Waals surface area contributed by atoms with Crippen LogP contribution in [-0.2, 0) is 0 Å². The molecule has 0 fully saturated rings. The Morgan fingerprint density at radius 3 is 2.81 bits per heavy atom. The highest BCUT2D eigenvalue weighted by atomic mass is 35.5. The maximum absolute atomic E-state index is 12.2. The number of hydrogen-bond donors (Lipinski definition) is 1. The molecule has 21 heavy (non-hydrogen) atoms. The number of benzene rings is 1. The van der Waals surface area contributed by atoms with Crippen LogP contribution in [0.2, 0.25) is 5.02 Å². The van der Waals surface area contributed by atoms with Gasteiger partial charge in [0.25, 0.3) is 5.91 Å². The van der Waals surface area contributed by atoms with Crippen LogP contribution < -0.4 is 5.32 Å². The first kappa shape index (κ1) is 13.6. The molecule has 0 aliphatic rings. The monoisotopic (exact) mass is 299 g/mol. The van der Waals surface area contributed by atoms with Crippen molar-refractivity contribution in [1.29, 1.82) is 0 Å². The Kier molecular flexibility index (Phi) is 3.39. The van der Waals surface area contributed by atoms with Gasteiger partial charge in [0.1, 0.15) is 5.65 Å². The molecule has 3 aromatic rings. The van der Waals surface area contributed by atoms with Crippen molar-refractivity contribution in [3.8, 4) is 0 Å². The summed E-state index contributed by atoms with van der Waals surface area (Å²) in [7, 11) is 0. The smallest absolute Gasteiger partial charge is 0.255 e. The van der Waals surface area contributed by atoms with Crippen LogP contribution >= 0.6 is 11.6 Å². The van der Waals surface area contributed by atoms with Crippen molar-refractivity contribution in [3.63, 3.8) is 0 Å². The molecule has 4 nitrogen and oxygen atoms in total. The fourth-order valence-corrected chi connectivity index (χ4v) is 2.38.